The van der Waals surface area contributed by atoms with Crippen molar-refractivity contribution in [3.05, 3.63) is 53.6 Å². The number of para-hydroxylation sites is 1. The summed E-state index contributed by atoms with van der Waals surface area (Å²) in [6.45, 7) is 7.88. The van der Waals surface area contributed by atoms with E-state index >= 15 is 0 Å². The number of ether oxygens (including phenoxy) is 2. The van der Waals surface area contributed by atoms with Crippen molar-refractivity contribution < 1.29 is 19.1 Å². The Morgan fingerprint density at radius 1 is 0.941 bits per heavy atom. The van der Waals surface area contributed by atoms with Gasteiger partial charge in [0.15, 0.2) is 0 Å². The van der Waals surface area contributed by atoms with Gasteiger partial charge in [-0.2, -0.15) is 0 Å². The van der Waals surface area contributed by atoms with Crippen LogP contribution in [0.2, 0.25) is 0 Å². The Morgan fingerprint density at radius 3 is 2.32 bits per heavy atom. The van der Waals surface area contributed by atoms with Gasteiger partial charge in [-0.25, -0.2) is 0 Å². The van der Waals surface area contributed by atoms with Crippen LogP contribution < -0.4 is 14.4 Å². The first-order valence-electron chi connectivity index (χ1n) is 12.1. The molecule has 182 valence electrons. The molecule has 2 aliphatic heterocycles. The van der Waals surface area contributed by atoms with E-state index in [9.17, 15) is 9.59 Å². The average molecular weight is 466 g/mol. The summed E-state index contributed by atoms with van der Waals surface area (Å²) in [6.07, 6.45) is 0.429. The quantitative estimate of drug-likeness (QED) is 0.655. The summed E-state index contributed by atoms with van der Waals surface area (Å²) in [5.74, 6) is 1.19. The molecule has 4 rings (SSSR count). The van der Waals surface area contributed by atoms with E-state index in [1.165, 1.54) is 11.3 Å². The van der Waals surface area contributed by atoms with Crippen molar-refractivity contribution in [1.29, 1.82) is 0 Å². The van der Waals surface area contributed by atoms with Gasteiger partial charge in [-0.05, 0) is 36.8 Å². The number of nitrogens with zero attached hydrogens (tertiary/aromatic N) is 3. The van der Waals surface area contributed by atoms with Crippen molar-refractivity contribution in [1.82, 2.24) is 9.80 Å². The number of anilines is 1. The van der Waals surface area contributed by atoms with Crippen LogP contribution in [-0.2, 0) is 9.59 Å². The van der Waals surface area contributed by atoms with E-state index in [0.717, 1.165) is 24.4 Å². The third-order valence-corrected chi connectivity index (χ3v) is 7.18. The highest BCUT2D eigenvalue weighted by atomic mass is 16.5. The standard InChI is InChI=1S/C27H35N3O4/c1-5-26(31)30-17-22(21-16-20(33-3)10-11-25(21)34-4)23(18-30)27(32)29-14-12-28(13-15-29)24-9-7-6-8-19(24)2/h6-11,16,22-23H,5,12-15,17-18H2,1-4H3/t22-,23-/m0/s1. The van der Waals surface area contributed by atoms with E-state index in [1.54, 1.807) is 14.2 Å². The highest BCUT2D eigenvalue weighted by Gasteiger charge is 2.43. The molecular weight excluding hydrogens is 430 g/mol. The van der Waals surface area contributed by atoms with E-state index in [-0.39, 0.29) is 23.7 Å². The van der Waals surface area contributed by atoms with Gasteiger partial charge in [0, 0.05) is 62.9 Å². The monoisotopic (exact) mass is 465 g/mol. The van der Waals surface area contributed by atoms with Crippen LogP contribution in [0, 0.1) is 12.8 Å². The molecule has 34 heavy (non-hydrogen) atoms. The predicted octanol–water partition coefficient (Wildman–Crippen LogP) is 3.31. The maximum atomic E-state index is 13.8. The molecule has 0 aliphatic carbocycles. The summed E-state index contributed by atoms with van der Waals surface area (Å²) in [5.41, 5.74) is 3.40. The number of methoxy groups -OCH3 is 2. The normalized spacial score (nSPS) is 20.4. The van der Waals surface area contributed by atoms with Crippen LogP contribution in [0.5, 0.6) is 11.5 Å². The minimum atomic E-state index is -0.304. The zero-order valence-electron chi connectivity index (χ0n) is 20.6. The van der Waals surface area contributed by atoms with Crippen molar-refractivity contribution in [2.24, 2.45) is 5.92 Å². The molecule has 0 N–H and O–H groups in total. The van der Waals surface area contributed by atoms with Gasteiger partial charge in [0.1, 0.15) is 11.5 Å². The number of likely N-dealkylation sites (tertiary alicyclic amines) is 1. The fraction of sp³-hybridized carbons (Fsp3) is 0.481. The van der Waals surface area contributed by atoms with Crippen LogP contribution in [0.1, 0.15) is 30.4 Å². The summed E-state index contributed by atoms with van der Waals surface area (Å²) in [7, 11) is 3.26. The van der Waals surface area contributed by atoms with Crippen molar-refractivity contribution in [2.75, 3.05) is 58.4 Å². The molecule has 2 aliphatic rings. The second kappa shape index (κ2) is 10.4. The molecule has 0 spiro atoms. The Morgan fingerprint density at radius 2 is 1.68 bits per heavy atom. The number of piperazine rings is 1. The highest BCUT2D eigenvalue weighted by molar-refractivity contribution is 5.84. The van der Waals surface area contributed by atoms with E-state index in [1.807, 2.05) is 34.9 Å². The third-order valence-electron chi connectivity index (χ3n) is 7.18. The molecule has 2 saturated heterocycles. The maximum Gasteiger partial charge on any atom is 0.228 e. The molecule has 2 atom stereocenters. The highest BCUT2D eigenvalue weighted by Crippen LogP contribution is 2.40. The molecule has 0 saturated carbocycles. The predicted molar refractivity (Wildman–Crippen MR) is 133 cm³/mol. The second-order valence-corrected chi connectivity index (χ2v) is 9.07. The van der Waals surface area contributed by atoms with E-state index in [2.05, 4.69) is 36.1 Å². The van der Waals surface area contributed by atoms with Gasteiger partial charge in [-0.1, -0.05) is 25.1 Å². The molecule has 2 amide bonds. The SMILES string of the molecule is CCC(=O)N1C[C@H](C(=O)N2CCN(c3ccccc3C)CC2)[C@H](c2cc(OC)ccc2OC)C1. The summed E-state index contributed by atoms with van der Waals surface area (Å²) in [5, 5.41) is 0. The largest absolute Gasteiger partial charge is 0.497 e. The minimum absolute atomic E-state index is 0.0755. The van der Waals surface area contributed by atoms with E-state index in [0.29, 0.717) is 38.3 Å². The lowest BCUT2D eigenvalue weighted by molar-refractivity contribution is -0.136. The van der Waals surface area contributed by atoms with Crippen LogP contribution in [-0.4, -0.2) is 75.1 Å². The fourth-order valence-corrected chi connectivity index (χ4v) is 5.25. The van der Waals surface area contributed by atoms with Gasteiger partial charge in [0.25, 0.3) is 0 Å². The van der Waals surface area contributed by atoms with Crippen molar-refractivity contribution in [3.63, 3.8) is 0 Å². The van der Waals surface area contributed by atoms with Crippen molar-refractivity contribution in [2.45, 2.75) is 26.2 Å². The molecule has 0 aromatic heterocycles. The number of carbonyl (C=O) groups is 2. The smallest absolute Gasteiger partial charge is 0.228 e. The average Bonchev–Trinajstić information content (AvgIpc) is 3.33. The van der Waals surface area contributed by atoms with Gasteiger partial charge >= 0.3 is 0 Å². The number of aryl methyl sites for hydroxylation is 1. The van der Waals surface area contributed by atoms with Crippen LogP contribution in [0.25, 0.3) is 0 Å². The van der Waals surface area contributed by atoms with Crippen LogP contribution >= 0.6 is 0 Å². The number of benzene rings is 2. The maximum absolute atomic E-state index is 13.8. The van der Waals surface area contributed by atoms with Gasteiger partial charge in [-0.3, -0.25) is 9.59 Å². The molecule has 2 aromatic rings. The number of rotatable bonds is 6. The van der Waals surface area contributed by atoms with Gasteiger partial charge in [0.05, 0.1) is 20.1 Å². The molecule has 0 radical (unpaired) electrons. The molecular formula is C27H35N3O4. The first-order valence-corrected chi connectivity index (χ1v) is 12.1. The zero-order chi connectivity index (χ0) is 24.2. The van der Waals surface area contributed by atoms with E-state index < -0.39 is 0 Å². The second-order valence-electron chi connectivity index (χ2n) is 9.07. The topological polar surface area (TPSA) is 62.3 Å². The number of hydrogen-bond donors (Lipinski definition) is 0. The number of hydrogen-bond acceptors (Lipinski definition) is 5. The Bertz CT molecular complexity index is 1030. The molecule has 0 unspecified atom stereocenters. The Balaban J connectivity index is 1.55. The van der Waals surface area contributed by atoms with Gasteiger partial charge < -0.3 is 24.2 Å². The first kappa shape index (κ1) is 23.9. The van der Waals surface area contributed by atoms with E-state index in [4.69, 9.17) is 9.47 Å². The summed E-state index contributed by atoms with van der Waals surface area (Å²) in [6, 6.07) is 14.0. The summed E-state index contributed by atoms with van der Waals surface area (Å²) < 4.78 is 11.1. The molecule has 7 heteroatoms. The lowest BCUT2D eigenvalue weighted by atomic mass is 9.87. The molecule has 2 heterocycles. The molecule has 0 bridgehead atoms. The van der Waals surface area contributed by atoms with Crippen LogP contribution in [0.4, 0.5) is 5.69 Å². The zero-order valence-corrected chi connectivity index (χ0v) is 20.6. The fourth-order valence-electron chi connectivity index (χ4n) is 5.25. The Labute approximate surface area is 202 Å². The Hall–Kier alpha value is -3.22. The van der Waals surface area contributed by atoms with Crippen molar-refractivity contribution >= 4 is 17.5 Å². The van der Waals surface area contributed by atoms with Gasteiger partial charge in [0.2, 0.25) is 11.8 Å². The first-order chi connectivity index (χ1) is 16.5. The van der Waals surface area contributed by atoms with Crippen LogP contribution in [0.3, 0.4) is 0 Å². The molecule has 7 nitrogen and oxygen atoms in total. The van der Waals surface area contributed by atoms with Crippen LogP contribution in [0.15, 0.2) is 42.5 Å². The number of amides is 2. The minimum Gasteiger partial charge on any atom is -0.497 e. The summed E-state index contributed by atoms with van der Waals surface area (Å²) in [4.78, 5) is 32.5. The number of carbonyl (C=O) groups excluding carboxylic acids is 2. The van der Waals surface area contributed by atoms with Crippen molar-refractivity contribution in [3.8, 4) is 11.5 Å². The Kier molecular flexibility index (Phi) is 7.29. The summed E-state index contributed by atoms with van der Waals surface area (Å²) >= 11 is 0. The lowest BCUT2D eigenvalue weighted by Crippen LogP contribution is -2.51. The molecule has 2 aromatic carbocycles. The lowest BCUT2D eigenvalue weighted by Gasteiger charge is -2.38. The third kappa shape index (κ3) is 4.69. The van der Waals surface area contributed by atoms with Gasteiger partial charge in [-0.15, -0.1) is 0 Å². The molecule has 2 fully saturated rings.